The van der Waals surface area contributed by atoms with Crippen molar-refractivity contribution in [3.05, 3.63) is 16.3 Å². The Balaban J connectivity index is 2.18. The van der Waals surface area contributed by atoms with E-state index < -0.39 is 4.92 Å². The van der Waals surface area contributed by atoms with Gasteiger partial charge in [-0.1, -0.05) is 0 Å². The molecule has 2 rings (SSSR count). The predicted molar refractivity (Wildman–Crippen MR) is 63.1 cm³/mol. The second kappa shape index (κ2) is 4.38. The van der Waals surface area contributed by atoms with Crippen molar-refractivity contribution in [1.29, 1.82) is 0 Å². The third-order valence-corrected chi connectivity index (χ3v) is 3.84. The molecule has 0 radical (unpaired) electrons. The first kappa shape index (κ1) is 11.3. The molecule has 1 aliphatic rings. The fourth-order valence-electron chi connectivity index (χ4n) is 1.55. The van der Waals surface area contributed by atoms with Gasteiger partial charge in [0.1, 0.15) is 6.20 Å². The molecule has 1 aromatic rings. The highest BCUT2D eigenvalue weighted by Crippen LogP contribution is 2.32. The van der Waals surface area contributed by atoms with Crippen LogP contribution in [0, 0.1) is 16.0 Å². The largest absolute Gasteiger partial charge is 0.345 e. The Morgan fingerprint density at radius 2 is 2.50 bits per heavy atom. The lowest BCUT2D eigenvalue weighted by atomic mass is 10.1. The van der Waals surface area contributed by atoms with E-state index in [1.54, 1.807) is 0 Å². The van der Waals surface area contributed by atoms with Gasteiger partial charge in [-0.2, -0.15) is 12.6 Å². The molecule has 0 bridgehead atoms. The number of rotatable bonds is 3. The summed E-state index contributed by atoms with van der Waals surface area (Å²) in [5.74, 6) is 0.803. The van der Waals surface area contributed by atoms with Crippen LogP contribution < -0.4 is 4.90 Å². The molecule has 0 spiro atoms. The summed E-state index contributed by atoms with van der Waals surface area (Å²) in [5, 5.41) is 10.9. The van der Waals surface area contributed by atoms with Crippen LogP contribution in [-0.4, -0.2) is 28.1 Å². The molecule has 8 heteroatoms. The summed E-state index contributed by atoms with van der Waals surface area (Å²) in [6.07, 6.45) is 1.62. The Hall–Kier alpha value is -1.15. The van der Waals surface area contributed by atoms with Gasteiger partial charge in [0.15, 0.2) is 5.13 Å². The second-order valence-electron chi connectivity index (χ2n) is 3.50. The molecule has 0 aromatic carbocycles. The van der Waals surface area contributed by atoms with Crippen LogP contribution in [0.1, 0.15) is 6.42 Å². The number of carbonyl (C=O) groups is 1. The van der Waals surface area contributed by atoms with Crippen molar-refractivity contribution in [2.45, 2.75) is 6.42 Å². The zero-order valence-corrected chi connectivity index (χ0v) is 9.91. The molecule has 6 nitrogen and oxygen atoms in total. The minimum absolute atomic E-state index is 0.0386. The quantitative estimate of drug-likeness (QED) is 0.505. The number of thiol groups is 1. The number of nitro groups is 1. The lowest BCUT2D eigenvalue weighted by Gasteiger charge is -2.11. The van der Waals surface area contributed by atoms with Gasteiger partial charge >= 0.3 is 5.00 Å². The van der Waals surface area contributed by atoms with E-state index >= 15 is 0 Å². The molecule has 0 aliphatic carbocycles. The number of hydrogen-bond donors (Lipinski definition) is 1. The Labute approximate surface area is 101 Å². The predicted octanol–water partition coefficient (Wildman–Crippen LogP) is 1.33. The van der Waals surface area contributed by atoms with Crippen LogP contribution >= 0.6 is 24.0 Å². The van der Waals surface area contributed by atoms with Gasteiger partial charge < -0.3 is 0 Å². The maximum Gasteiger partial charge on any atom is 0.345 e. The zero-order valence-electron chi connectivity index (χ0n) is 8.20. The normalized spacial score (nSPS) is 20.4. The van der Waals surface area contributed by atoms with E-state index in [0.717, 1.165) is 11.3 Å². The molecular weight excluding hydrogens is 250 g/mol. The fraction of sp³-hybridized carbons (Fsp3) is 0.500. The standard InChI is InChI=1S/C8H9N3O3S2/c12-6-1-5(4-15)3-10(6)8-9-2-7(16-8)11(13)14/h2,5,15H,1,3-4H2. The molecular formula is C8H9N3O3S2. The van der Waals surface area contributed by atoms with E-state index in [4.69, 9.17) is 0 Å². The van der Waals surface area contributed by atoms with Gasteiger partial charge in [0, 0.05) is 13.0 Å². The van der Waals surface area contributed by atoms with Gasteiger partial charge in [-0.15, -0.1) is 0 Å². The molecule has 1 fully saturated rings. The molecule has 16 heavy (non-hydrogen) atoms. The number of thiazole rings is 1. The van der Waals surface area contributed by atoms with Gasteiger partial charge in [0.05, 0.1) is 4.92 Å². The van der Waals surface area contributed by atoms with Crippen LogP contribution in [0.4, 0.5) is 10.1 Å². The topological polar surface area (TPSA) is 76.3 Å². The molecule has 0 N–H and O–H groups in total. The highest BCUT2D eigenvalue weighted by molar-refractivity contribution is 7.80. The van der Waals surface area contributed by atoms with Gasteiger partial charge in [-0.25, -0.2) is 4.98 Å². The number of aromatic nitrogens is 1. The molecule has 86 valence electrons. The first-order chi connectivity index (χ1) is 7.61. The maximum atomic E-state index is 11.6. The third kappa shape index (κ3) is 2.03. The summed E-state index contributed by atoms with van der Waals surface area (Å²) < 4.78 is 0. The Morgan fingerprint density at radius 3 is 3.00 bits per heavy atom. The molecule has 1 aromatic heterocycles. The van der Waals surface area contributed by atoms with Crippen molar-refractivity contribution in [1.82, 2.24) is 4.98 Å². The first-order valence-electron chi connectivity index (χ1n) is 4.63. The van der Waals surface area contributed by atoms with Crippen molar-refractivity contribution in [3.63, 3.8) is 0 Å². The van der Waals surface area contributed by atoms with Crippen molar-refractivity contribution in [2.24, 2.45) is 5.92 Å². The van der Waals surface area contributed by atoms with Crippen LogP contribution in [0.25, 0.3) is 0 Å². The van der Waals surface area contributed by atoms with Crippen molar-refractivity contribution >= 4 is 40.0 Å². The van der Waals surface area contributed by atoms with Gasteiger partial charge in [0.25, 0.3) is 0 Å². The van der Waals surface area contributed by atoms with Crippen LogP contribution in [0.15, 0.2) is 6.20 Å². The van der Waals surface area contributed by atoms with E-state index in [-0.39, 0.29) is 16.8 Å². The Kier molecular flexibility index (Phi) is 3.10. The van der Waals surface area contributed by atoms with E-state index in [1.807, 2.05) is 0 Å². The molecule has 1 amide bonds. The number of amides is 1. The number of nitrogens with zero attached hydrogens (tertiary/aromatic N) is 3. The average Bonchev–Trinajstić information content (AvgIpc) is 2.83. The second-order valence-corrected chi connectivity index (χ2v) is 4.85. The van der Waals surface area contributed by atoms with Crippen LogP contribution in [-0.2, 0) is 4.79 Å². The maximum absolute atomic E-state index is 11.6. The SMILES string of the molecule is O=C1CC(CS)CN1c1ncc([N+](=O)[O-])s1. The summed E-state index contributed by atoms with van der Waals surface area (Å²) in [7, 11) is 0. The van der Waals surface area contributed by atoms with Gasteiger partial charge in [-0.05, 0) is 23.0 Å². The molecule has 1 unspecified atom stereocenters. The highest BCUT2D eigenvalue weighted by Gasteiger charge is 2.32. The lowest BCUT2D eigenvalue weighted by molar-refractivity contribution is -0.380. The molecule has 0 saturated carbocycles. The molecule has 1 saturated heterocycles. The summed E-state index contributed by atoms with van der Waals surface area (Å²) in [6, 6.07) is 0. The van der Waals surface area contributed by atoms with E-state index in [9.17, 15) is 14.9 Å². The van der Waals surface area contributed by atoms with E-state index in [2.05, 4.69) is 17.6 Å². The zero-order chi connectivity index (χ0) is 11.7. The summed E-state index contributed by atoms with van der Waals surface area (Å²) >= 11 is 5.07. The smallest absolute Gasteiger partial charge is 0.288 e. The number of carbonyl (C=O) groups excluding carboxylic acids is 1. The van der Waals surface area contributed by atoms with Gasteiger partial charge in [0.2, 0.25) is 5.91 Å². The molecule has 1 atom stereocenters. The van der Waals surface area contributed by atoms with Crippen LogP contribution in [0.2, 0.25) is 0 Å². The Bertz CT molecular complexity index is 434. The van der Waals surface area contributed by atoms with Gasteiger partial charge in [-0.3, -0.25) is 19.8 Å². The van der Waals surface area contributed by atoms with Crippen molar-refractivity contribution in [2.75, 3.05) is 17.2 Å². The molecule has 2 heterocycles. The highest BCUT2D eigenvalue weighted by atomic mass is 32.1. The van der Waals surface area contributed by atoms with Crippen LogP contribution in [0.3, 0.4) is 0 Å². The van der Waals surface area contributed by atoms with E-state index in [1.165, 1.54) is 11.1 Å². The third-order valence-electron chi connectivity index (χ3n) is 2.36. The average molecular weight is 259 g/mol. The minimum Gasteiger partial charge on any atom is -0.288 e. The monoisotopic (exact) mass is 259 g/mol. The number of hydrogen-bond acceptors (Lipinski definition) is 6. The summed E-state index contributed by atoms with van der Waals surface area (Å²) in [5.41, 5.74) is 0. The fourth-order valence-corrected chi connectivity index (χ4v) is 2.56. The summed E-state index contributed by atoms with van der Waals surface area (Å²) in [6.45, 7) is 0.549. The van der Waals surface area contributed by atoms with Crippen LogP contribution in [0.5, 0.6) is 0 Å². The van der Waals surface area contributed by atoms with Crippen molar-refractivity contribution < 1.29 is 9.72 Å². The molecule has 1 aliphatic heterocycles. The number of anilines is 1. The first-order valence-corrected chi connectivity index (χ1v) is 6.08. The summed E-state index contributed by atoms with van der Waals surface area (Å²) in [4.78, 5) is 27.0. The minimum atomic E-state index is -0.502. The lowest BCUT2D eigenvalue weighted by Crippen LogP contribution is -2.24. The van der Waals surface area contributed by atoms with E-state index in [0.29, 0.717) is 23.8 Å². The van der Waals surface area contributed by atoms with Crippen molar-refractivity contribution in [3.8, 4) is 0 Å². The Morgan fingerprint density at radius 1 is 1.75 bits per heavy atom.